The number of hydrogen-bond donors (Lipinski definition) is 2. The minimum absolute atomic E-state index is 0.328. The molecular weight excluding hydrogens is 218 g/mol. The fourth-order valence-corrected chi connectivity index (χ4v) is 4.28. The maximum atomic E-state index is 8.84. The number of aliphatic hydroxyl groups is 1. The van der Waals surface area contributed by atoms with Crippen LogP contribution in [0.3, 0.4) is 0 Å². The standard InChI is InChI=1S/C13H27NOS/c1-4-14-12-11(16-10-6-9-15)7-5-8-13(12,2)3/h11-12,14-15H,4-10H2,1-3H3. The average molecular weight is 245 g/mol. The van der Waals surface area contributed by atoms with E-state index < -0.39 is 0 Å². The van der Waals surface area contributed by atoms with E-state index in [0.717, 1.165) is 24.0 Å². The van der Waals surface area contributed by atoms with Gasteiger partial charge in [0.1, 0.15) is 0 Å². The number of nitrogens with one attached hydrogen (secondary N) is 1. The van der Waals surface area contributed by atoms with E-state index in [1.165, 1.54) is 19.3 Å². The summed E-state index contributed by atoms with van der Waals surface area (Å²) < 4.78 is 0. The van der Waals surface area contributed by atoms with Crippen molar-refractivity contribution in [3.63, 3.8) is 0 Å². The molecule has 1 aliphatic rings. The van der Waals surface area contributed by atoms with Gasteiger partial charge in [0.2, 0.25) is 0 Å². The highest BCUT2D eigenvalue weighted by molar-refractivity contribution is 7.99. The normalized spacial score (nSPS) is 29.2. The molecule has 0 aromatic rings. The fourth-order valence-electron chi connectivity index (χ4n) is 2.69. The van der Waals surface area contributed by atoms with Gasteiger partial charge in [-0.2, -0.15) is 11.8 Å². The molecule has 0 radical (unpaired) electrons. The summed E-state index contributed by atoms with van der Waals surface area (Å²) >= 11 is 2.05. The molecule has 0 aromatic heterocycles. The summed E-state index contributed by atoms with van der Waals surface area (Å²) in [6.45, 7) is 8.36. The lowest BCUT2D eigenvalue weighted by Gasteiger charge is -2.44. The van der Waals surface area contributed by atoms with Crippen molar-refractivity contribution in [3.05, 3.63) is 0 Å². The summed E-state index contributed by atoms with van der Waals surface area (Å²) in [5.74, 6) is 1.10. The van der Waals surface area contributed by atoms with Crippen molar-refractivity contribution in [2.45, 2.75) is 57.7 Å². The summed E-state index contributed by atoms with van der Waals surface area (Å²) in [6, 6.07) is 0.634. The van der Waals surface area contributed by atoms with E-state index in [4.69, 9.17) is 5.11 Å². The van der Waals surface area contributed by atoms with Crippen molar-refractivity contribution < 1.29 is 5.11 Å². The topological polar surface area (TPSA) is 32.3 Å². The van der Waals surface area contributed by atoms with Crippen LogP contribution in [0, 0.1) is 5.41 Å². The van der Waals surface area contributed by atoms with E-state index in [9.17, 15) is 0 Å². The first-order valence-corrected chi connectivity index (χ1v) is 7.62. The summed E-state index contributed by atoms with van der Waals surface area (Å²) in [5, 5.41) is 13.2. The highest BCUT2D eigenvalue weighted by Crippen LogP contribution is 2.40. The first kappa shape index (κ1) is 14.3. The molecule has 0 aliphatic heterocycles. The highest BCUT2D eigenvalue weighted by atomic mass is 32.2. The maximum absolute atomic E-state index is 8.84. The Bertz CT molecular complexity index is 196. The zero-order valence-electron chi connectivity index (χ0n) is 11.0. The lowest BCUT2D eigenvalue weighted by Crippen LogP contribution is -2.51. The smallest absolute Gasteiger partial charge is 0.0438 e. The third-order valence-corrected chi connectivity index (χ3v) is 5.04. The van der Waals surface area contributed by atoms with Gasteiger partial charge in [0.05, 0.1) is 0 Å². The van der Waals surface area contributed by atoms with Crippen LogP contribution in [0.25, 0.3) is 0 Å². The lowest BCUT2D eigenvalue weighted by atomic mass is 9.73. The molecule has 0 spiro atoms. The maximum Gasteiger partial charge on any atom is 0.0438 e. The van der Waals surface area contributed by atoms with Gasteiger partial charge in [-0.3, -0.25) is 0 Å². The van der Waals surface area contributed by atoms with Crippen molar-refractivity contribution >= 4 is 11.8 Å². The SMILES string of the molecule is CCNC1C(SCCCO)CCCC1(C)C. The molecule has 2 nitrogen and oxygen atoms in total. The Morgan fingerprint density at radius 2 is 2.19 bits per heavy atom. The minimum Gasteiger partial charge on any atom is -0.396 e. The van der Waals surface area contributed by atoms with Crippen LogP contribution in [-0.4, -0.2) is 35.3 Å². The Morgan fingerprint density at radius 3 is 2.81 bits per heavy atom. The molecule has 1 aliphatic carbocycles. The number of hydrogen-bond acceptors (Lipinski definition) is 3. The van der Waals surface area contributed by atoms with Gasteiger partial charge in [0, 0.05) is 17.9 Å². The van der Waals surface area contributed by atoms with E-state index in [-0.39, 0.29) is 0 Å². The molecule has 0 bridgehead atoms. The Balaban J connectivity index is 2.51. The summed E-state index contributed by atoms with van der Waals surface area (Å²) in [6.07, 6.45) is 4.95. The van der Waals surface area contributed by atoms with Gasteiger partial charge in [-0.05, 0) is 37.0 Å². The van der Waals surface area contributed by atoms with E-state index in [1.807, 2.05) is 11.8 Å². The average Bonchev–Trinajstić information content (AvgIpc) is 2.23. The molecule has 0 heterocycles. The van der Waals surface area contributed by atoms with E-state index in [0.29, 0.717) is 18.1 Å². The van der Waals surface area contributed by atoms with Gasteiger partial charge in [-0.1, -0.05) is 27.2 Å². The van der Waals surface area contributed by atoms with E-state index in [1.54, 1.807) is 0 Å². The molecule has 0 amide bonds. The Labute approximate surface area is 105 Å². The van der Waals surface area contributed by atoms with Crippen molar-refractivity contribution in [2.24, 2.45) is 5.41 Å². The second kappa shape index (κ2) is 6.87. The molecule has 0 saturated heterocycles. The summed E-state index contributed by atoms with van der Waals surface area (Å²) in [4.78, 5) is 0. The third kappa shape index (κ3) is 3.94. The molecule has 3 heteroatoms. The van der Waals surface area contributed by atoms with Crippen LogP contribution in [-0.2, 0) is 0 Å². The van der Waals surface area contributed by atoms with Gasteiger partial charge in [0.15, 0.2) is 0 Å². The van der Waals surface area contributed by atoms with Crippen LogP contribution in [0.4, 0.5) is 0 Å². The zero-order chi connectivity index (χ0) is 12.0. The molecule has 1 rings (SSSR count). The second-order valence-electron chi connectivity index (χ2n) is 5.40. The lowest BCUT2D eigenvalue weighted by molar-refractivity contribution is 0.176. The fraction of sp³-hybridized carbons (Fsp3) is 1.00. The van der Waals surface area contributed by atoms with Crippen LogP contribution in [0.1, 0.15) is 46.5 Å². The molecule has 96 valence electrons. The Kier molecular flexibility index (Phi) is 6.16. The predicted molar refractivity (Wildman–Crippen MR) is 73.0 cm³/mol. The molecule has 0 aromatic carbocycles. The van der Waals surface area contributed by atoms with Crippen LogP contribution in [0.15, 0.2) is 0 Å². The second-order valence-corrected chi connectivity index (χ2v) is 6.75. The van der Waals surface area contributed by atoms with Gasteiger partial charge in [0.25, 0.3) is 0 Å². The van der Waals surface area contributed by atoms with Crippen LogP contribution in [0.5, 0.6) is 0 Å². The van der Waals surface area contributed by atoms with Crippen LogP contribution >= 0.6 is 11.8 Å². The summed E-state index contributed by atoms with van der Waals surface area (Å²) in [7, 11) is 0. The van der Waals surface area contributed by atoms with Crippen molar-refractivity contribution in [1.82, 2.24) is 5.32 Å². The minimum atomic E-state index is 0.328. The van der Waals surface area contributed by atoms with Crippen molar-refractivity contribution in [3.8, 4) is 0 Å². The first-order valence-electron chi connectivity index (χ1n) is 6.57. The third-order valence-electron chi connectivity index (χ3n) is 3.58. The number of aliphatic hydroxyl groups excluding tert-OH is 1. The van der Waals surface area contributed by atoms with Crippen molar-refractivity contribution in [1.29, 1.82) is 0 Å². The molecule has 1 saturated carbocycles. The molecule has 16 heavy (non-hydrogen) atoms. The molecule has 2 atom stereocenters. The quantitative estimate of drug-likeness (QED) is 0.706. The molecular formula is C13H27NOS. The van der Waals surface area contributed by atoms with E-state index >= 15 is 0 Å². The van der Waals surface area contributed by atoms with Gasteiger partial charge in [-0.15, -0.1) is 0 Å². The predicted octanol–water partition coefficient (Wildman–Crippen LogP) is 2.66. The van der Waals surface area contributed by atoms with Crippen LogP contribution in [0.2, 0.25) is 0 Å². The molecule has 2 unspecified atom stereocenters. The van der Waals surface area contributed by atoms with Gasteiger partial charge >= 0.3 is 0 Å². The number of rotatable bonds is 6. The molecule has 1 fully saturated rings. The highest BCUT2D eigenvalue weighted by Gasteiger charge is 2.38. The Morgan fingerprint density at radius 1 is 1.44 bits per heavy atom. The zero-order valence-corrected chi connectivity index (χ0v) is 11.8. The van der Waals surface area contributed by atoms with E-state index in [2.05, 4.69) is 26.1 Å². The van der Waals surface area contributed by atoms with Crippen molar-refractivity contribution in [2.75, 3.05) is 18.9 Å². The van der Waals surface area contributed by atoms with Crippen LogP contribution < -0.4 is 5.32 Å². The first-order chi connectivity index (χ1) is 7.61. The Hall–Kier alpha value is 0.270. The van der Waals surface area contributed by atoms with Gasteiger partial charge < -0.3 is 10.4 Å². The molecule has 2 N–H and O–H groups in total. The monoisotopic (exact) mass is 245 g/mol. The number of thioether (sulfide) groups is 1. The largest absolute Gasteiger partial charge is 0.396 e. The summed E-state index contributed by atoms with van der Waals surface area (Å²) in [5.41, 5.74) is 0.422. The van der Waals surface area contributed by atoms with Gasteiger partial charge in [-0.25, -0.2) is 0 Å².